The number of nitrogens with one attached hydrogen (secondary N) is 1. The fourth-order valence-electron chi connectivity index (χ4n) is 4.06. The van der Waals surface area contributed by atoms with Gasteiger partial charge in [0.1, 0.15) is 16.7 Å². The fraction of sp³-hybridized carbons (Fsp3) is 0.143. The molecule has 0 bridgehead atoms. The topological polar surface area (TPSA) is 152 Å². The summed E-state index contributed by atoms with van der Waals surface area (Å²) in [5.74, 6) is -1.91. The van der Waals surface area contributed by atoms with Gasteiger partial charge in [-0.25, -0.2) is 0 Å². The maximum absolute atomic E-state index is 14.2. The Labute approximate surface area is 223 Å². The molecule has 0 fully saturated rings. The van der Waals surface area contributed by atoms with Crippen LogP contribution in [-0.2, 0) is 11.3 Å². The molecule has 3 amide bonds. The zero-order chi connectivity index (χ0) is 27.4. The lowest BCUT2D eigenvalue weighted by atomic mass is 9.99. The number of phenols is 1. The molecule has 0 saturated carbocycles. The number of amides is 3. The van der Waals surface area contributed by atoms with Crippen LogP contribution in [0.1, 0.15) is 48.5 Å². The third-order valence-electron chi connectivity index (χ3n) is 6.23. The molecule has 1 aromatic heterocycles. The summed E-state index contributed by atoms with van der Waals surface area (Å²) in [5.41, 5.74) is 14.7. The Hall–Kier alpha value is -4.70. The average molecular weight is 530 g/mol. The van der Waals surface area contributed by atoms with E-state index in [1.807, 2.05) is 50.2 Å². The Morgan fingerprint density at radius 3 is 2.32 bits per heavy atom. The Morgan fingerprint density at radius 2 is 1.68 bits per heavy atom. The van der Waals surface area contributed by atoms with Crippen molar-refractivity contribution in [2.24, 2.45) is 5.73 Å². The second-order valence-electron chi connectivity index (χ2n) is 8.73. The van der Waals surface area contributed by atoms with Gasteiger partial charge in [-0.3, -0.25) is 19.3 Å². The zero-order valence-electron chi connectivity index (χ0n) is 20.8. The van der Waals surface area contributed by atoms with E-state index in [1.54, 1.807) is 24.3 Å². The number of nitrogens with two attached hydrogens (primary N) is 2. The van der Waals surface area contributed by atoms with Crippen LogP contribution in [0.3, 0.4) is 0 Å². The predicted octanol–water partition coefficient (Wildman–Crippen LogP) is 3.85. The van der Waals surface area contributed by atoms with Gasteiger partial charge in [-0.1, -0.05) is 54.6 Å². The van der Waals surface area contributed by atoms with Crippen molar-refractivity contribution in [3.05, 3.63) is 106 Å². The van der Waals surface area contributed by atoms with Crippen molar-refractivity contribution < 1.29 is 19.5 Å². The number of hydrogen-bond acceptors (Lipinski definition) is 7. The van der Waals surface area contributed by atoms with Crippen LogP contribution in [0, 0.1) is 13.8 Å². The van der Waals surface area contributed by atoms with Gasteiger partial charge in [0.05, 0.1) is 5.69 Å². The van der Waals surface area contributed by atoms with E-state index in [9.17, 15) is 19.5 Å². The molecule has 6 N–H and O–H groups in total. The summed E-state index contributed by atoms with van der Waals surface area (Å²) in [6.45, 7) is 3.99. The molecule has 0 aliphatic rings. The molecule has 0 spiro atoms. The van der Waals surface area contributed by atoms with Crippen molar-refractivity contribution in [1.29, 1.82) is 0 Å². The second kappa shape index (κ2) is 11.1. The lowest BCUT2D eigenvalue weighted by Crippen LogP contribution is -2.44. The number of aromatic nitrogens is 1. The number of rotatable bonds is 8. The third kappa shape index (κ3) is 5.35. The quantitative estimate of drug-likeness (QED) is 0.272. The Morgan fingerprint density at radius 1 is 1.00 bits per heavy atom. The van der Waals surface area contributed by atoms with Crippen LogP contribution >= 0.6 is 11.5 Å². The number of aromatic hydroxyl groups is 1. The van der Waals surface area contributed by atoms with Crippen molar-refractivity contribution in [1.82, 2.24) is 9.69 Å². The van der Waals surface area contributed by atoms with E-state index < -0.39 is 23.8 Å². The van der Waals surface area contributed by atoms with E-state index in [0.717, 1.165) is 28.2 Å². The molecule has 0 aliphatic carbocycles. The van der Waals surface area contributed by atoms with Crippen LogP contribution in [-0.4, -0.2) is 27.2 Å². The number of nitrogens with zero attached hydrogens (tertiary/aromatic N) is 2. The number of benzene rings is 3. The SMILES string of the molecule is Cc1cccc(N(C(=O)c2snc(C(N)=O)c2N)C(C(=O)NCc2ccccc2)c2ccc(O)cc2)c1C. The van der Waals surface area contributed by atoms with Gasteiger partial charge in [0.2, 0.25) is 5.91 Å². The Kier molecular flexibility index (Phi) is 7.73. The van der Waals surface area contributed by atoms with Crippen LogP contribution in [0.25, 0.3) is 0 Å². The van der Waals surface area contributed by atoms with Crippen molar-refractivity contribution in [2.45, 2.75) is 26.4 Å². The highest BCUT2D eigenvalue weighted by atomic mass is 32.1. The zero-order valence-corrected chi connectivity index (χ0v) is 21.7. The van der Waals surface area contributed by atoms with Crippen LogP contribution in [0.5, 0.6) is 5.75 Å². The summed E-state index contributed by atoms with van der Waals surface area (Å²) >= 11 is 0.744. The molecular formula is C28H27N5O4S. The number of carbonyl (C=O) groups is 3. The summed E-state index contributed by atoms with van der Waals surface area (Å²) in [5, 5.41) is 12.8. The minimum Gasteiger partial charge on any atom is -0.508 e. The van der Waals surface area contributed by atoms with Gasteiger partial charge >= 0.3 is 0 Å². The van der Waals surface area contributed by atoms with E-state index >= 15 is 0 Å². The van der Waals surface area contributed by atoms with E-state index in [2.05, 4.69) is 9.69 Å². The van der Waals surface area contributed by atoms with Gasteiger partial charge < -0.3 is 21.9 Å². The van der Waals surface area contributed by atoms with Gasteiger partial charge in [-0.15, -0.1) is 0 Å². The van der Waals surface area contributed by atoms with Crippen molar-refractivity contribution in [2.75, 3.05) is 10.6 Å². The maximum atomic E-state index is 14.2. The Bertz CT molecular complexity index is 1490. The summed E-state index contributed by atoms with van der Waals surface area (Å²) in [4.78, 5) is 41.1. The lowest BCUT2D eigenvalue weighted by Gasteiger charge is -2.32. The number of anilines is 2. The number of phenolic OH excluding ortho intramolecular Hbond substituents is 1. The minimum absolute atomic E-state index is 0.0135. The highest BCUT2D eigenvalue weighted by Gasteiger charge is 2.36. The normalized spacial score (nSPS) is 11.5. The van der Waals surface area contributed by atoms with Gasteiger partial charge in [-0.2, -0.15) is 4.37 Å². The molecule has 0 aliphatic heterocycles. The van der Waals surface area contributed by atoms with Gasteiger partial charge in [0.15, 0.2) is 5.69 Å². The molecular weight excluding hydrogens is 502 g/mol. The summed E-state index contributed by atoms with van der Waals surface area (Å²) in [6, 6.07) is 19.7. The van der Waals surface area contributed by atoms with E-state index in [0.29, 0.717) is 11.3 Å². The van der Waals surface area contributed by atoms with Gasteiger partial charge in [0, 0.05) is 12.2 Å². The molecule has 10 heteroatoms. The fourth-order valence-corrected chi connectivity index (χ4v) is 4.80. The molecule has 9 nitrogen and oxygen atoms in total. The number of carbonyl (C=O) groups excluding carboxylic acids is 3. The first-order valence-electron chi connectivity index (χ1n) is 11.7. The lowest BCUT2D eigenvalue weighted by molar-refractivity contribution is -0.122. The maximum Gasteiger partial charge on any atom is 0.273 e. The molecule has 1 unspecified atom stereocenters. The highest BCUT2D eigenvalue weighted by Crippen LogP contribution is 2.36. The molecule has 0 radical (unpaired) electrons. The molecule has 1 heterocycles. The number of nitrogen functional groups attached to an aromatic ring is 1. The van der Waals surface area contributed by atoms with Crippen LogP contribution < -0.4 is 21.7 Å². The smallest absolute Gasteiger partial charge is 0.273 e. The van der Waals surface area contributed by atoms with Crippen LogP contribution in [0.4, 0.5) is 11.4 Å². The van der Waals surface area contributed by atoms with Crippen molar-refractivity contribution in [3.63, 3.8) is 0 Å². The molecule has 3 aromatic carbocycles. The number of hydrogen-bond donors (Lipinski definition) is 4. The molecule has 1 atom stereocenters. The molecule has 4 rings (SSSR count). The molecule has 4 aromatic rings. The number of aryl methyl sites for hydroxylation is 1. The first-order valence-corrected chi connectivity index (χ1v) is 12.5. The van der Waals surface area contributed by atoms with Gasteiger partial charge in [0.25, 0.3) is 11.8 Å². The monoisotopic (exact) mass is 529 g/mol. The summed E-state index contributed by atoms with van der Waals surface area (Å²) in [7, 11) is 0. The van der Waals surface area contributed by atoms with E-state index in [-0.39, 0.29) is 28.6 Å². The van der Waals surface area contributed by atoms with Gasteiger partial charge in [-0.05, 0) is 65.8 Å². The average Bonchev–Trinajstić information content (AvgIpc) is 3.30. The predicted molar refractivity (Wildman–Crippen MR) is 147 cm³/mol. The number of primary amides is 1. The molecule has 0 saturated heterocycles. The van der Waals surface area contributed by atoms with Crippen molar-refractivity contribution >= 4 is 40.6 Å². The highest BCUT2D eigenvalue weighted by molar-refractivity contribution is 7.09. The van der Waals surface area contributed by atoms with Crippen molar-refractivity contribution in [3.8, 4) is 5.75 Å². The molecule has 194 valence electrons. The van der Waals surface area contributed by atoms with E-state index in [4.69, 9.17) is 11.5 Å². The van der Waals surface area contributed by atoms with Crippen LogP contribution in [0.2, 0.25) is 0 Å². The standard InChI is InChI=1S/C28H27N5O4S/c1-16-7-6-10-21(17(16)2)33(28(37)25-22(29)23(26(30)35)32-38-25)24(19-11-13-20(34)14-12-19)27(36)31-15-18-8-4-3-5-9-18/h3-14,24,34H,15,29H2,1-2H3,(H2,30,35)(H,31,36). The Balaban J connectivity index is 1.87. The van der Waals surface area contributed by atoms with Crippen LogP contribution in [0.15, 0.2) is 72.8 Å². The van der Waals surface area contributed by atoms with E-state index in [1.165, 1.54) is 17.0 Å². The summed E-state index contributed by atoms with van der Waals surface area (Å²) < 4.78 is 3.98. The summed E-state index contributed by atoms with van der Waals surface area (Å²) in [6.07, 6.45) is 0. The molecule has 38 heavy (non-hydrogen) atoms. The largest absolute Gasteiger partial charge is 0.508 e. The first-order chi connectivity index (χ1) is 18.2. The third-order valence-corrected chi connectivity index (χ3v) is 7.09. The second-order valence-corrected chi connectivity index (χ2v) is 9.50. The first kappa shape index (κ1) is 26.4. The minimum atomic E-state index is -1.15.